The first-order valence-corrected chi connectivity index (χ1v) is 20.5. The van der Waals surface area contributed by atoms with Crippen molar-refractivity contribution in [3.05, 3.63) is 119 Å². The van der Waals surface area contributed by atoms with E-state index < -0.39 is 0 Å². The minimum atomic E-state index is 0.263. The molecule has 1 nitrogen and oxygen atoms in total. The molecule has 0 aromatic heterocycles. The van der Waals surface area contributed by atoms with Crippen LogP contribution in [-0.2, 0) is 17.6 Å². The highest BCUT2D eigenvalue weighted by atomic mass is 16.1. The molecular formula is C49H62O. The fraction of sp³-hybridized carbons (Fsp3) is 0.490. The summed E-state index contributed by atoms with van der Waals surface area (Å²) in [6, 6.07) is 35.8. The first-order valence-electron chi connectivity index (χ1n) is 20.5. The first-order chi connectivity index (χ1) is 24.6. The smallest absolute Gasteiger partial charge is 0.141 e. The van der Waals surface area contributed by atoms with E-state index in [1.807, 2.05) is 0 Å². The van der Waals surface area contributed by atoms with Crippen LogP contribution in [0.15, 0.2) is 97.1 Å². The van der Waals surface area contributed by atoms with Crippen molar-refractivity contribution in [3.8, 4) is 22.3 Å². The van der Waals surface area contributed by atoms with Gasteiger partial charge in [-0.3, -0.25) is 4.79 Å². The Morgan fingerprint density at radius 3 is 1.08 bits per heavy atom. The molecule has 0 radical (unpaired) electrons. The SMILES string of the molecule is CCCCCC1CCC(c2ccc(-c3ccc(CC(=O)Cc4ccc(-c5ccc([C@H]6CC[C@H](CCCCC)CC6)cc5)cc4)cc3)cc2)CC1. The van der Waals surface area contributed by atoms with E-state index in [0.717, 1.165) is 34.8 Å². The lowest BCUT2D eigenvalue weighted by Gasteiger charge is -2.29. The summed E-state index contributed by atoms with van der Waals surface area (Å²) >= 11 is 0. The number of carbonyl (C=O) groups excluding carboxylic acids is 1. The molecule has 2 aliphatic carbocycles. The summed E-state index contributed by atoms with van der Waals surface area (Å²) in [7, 11) is 0. The lowest BCUT2D eigenvalue weighted by molar-refractivity contribution is -0.117. The van der Waals surface area contributed by atoms with E-state index in [9.17, 15) is 4.79 Å². The monoisotopic (exact) mass is 666 g/mol. The summed E-state index contributed by atoms with van der Waals surface area (Å²) in [5.74, 6) is 3.62. The fourth-order valence-corrected chi connectivity index (χ4v) is 8.98. The highest BCUT2D eigenvalue weighted by Gasteiger charge is 2.23. The van der Waals surface area contributed by atoms with Crippen LogP contribution < -0.4 is 0 Å². The standard InChI is InChI=1S/C49H62O/c1-3-5-7-9-37-11-19-41(20-12-37)45-27-31-47(32-28-45)43-23-15-39(16-24-43)35-49(50)36-40-17-25-44(26-18-40)48-33-29-46(30-34-48)42-21-13-38(14-22-42)10-8-6-4-2/h15-18,23-34,37-38,41-42H,3-14,19-22,35-36H2,1-2H3/t37-,38?,41-,42?. The first kappa shape index (κ1) is 36.3. The maximum absolute atomic E-state index is 13.0. The van der Waals surface area contributed by atoms with Crippen molar-refractivity contribution in [2.45, 2.75) is 141 Å². The zero-order valence-electron chi connectivity index (χ0n) is 31.2. The molecule has 6 rings (SSSR count). The van der Waals surface area contributed by atoms with Gasteiger partial charge in [-0.2, -0.15) is 0 Å². The largest absolute Gasteiger partial charge is 0.299 e. The lowest BCUT2D eigenvalue weighted by Crippen LogP contribution is -2.13. The van der Waals surface area contributed by atoms with E-state index in [0.29, 0.717) is 12.8 Å². The topological polar surface area (TPSA) is 17.1 Å². The number of hydrogen-bond donors (Lipinski definition) is 0. The van der Waals surface area contributed by atoms with Crippen LogP contribution in [0.25, 0.3) is 22.3 Å². The zero-order valence-corrected chi connectivity index (χ0v) is 31.2. The zero-order chi connectivity index (χ0) is 34.5. The van der Waals surface area contributed by atoms with E-state index in [1.165, 1.54) is 136 Å². The molecule has 1 heteroatoms. The van der Waals surface area contributed by atoms with Crippen molar-refractivity contribution in [3.63, 3.8) is 0 Å². The summed E-state index contributed by atoms with van der Waals surface area (Å²) < 4.78 is 0. The quantitative estimate of drug-likeness (QED) is 0.109. The van der Waals surface area contributed by atoms with Gasteiger partial charge in [-0.15, -0.1) is 0 Å². The Bertz CT molecular complexity index is 1440. The van der Waals surface area contributed by atoms with E-state index in [2.05, 4.69) is 111 Å². The minimum Gasteiger partial charge on any atom is -0.299 e. The summed E-state index contributed by atoms with van der Waals surface area (Å²) in [5, 5.41) is 0. The van der Waals surface area contributed by atoms with Crippen molar-refractivity contribution in [2.24, 2.45) is 11.8 Å². The normalized spacial score (nSPS) is 20.8. The number of benzene rings is 4. The van der Waals surface area contributed by atoms with Gasteiger partial charge in [0.25, 0.3) is 0 Å². The Kier molecular flexibility index (Phi) is 13.6. The van der Waals surface area contributed by atoms with Crippen LogP contribution in [0.4, 0.5) is 0 Å². The van der Waals surface area contributed by atoms with Gasteiger partial charge in [-0.05, 0) is 120 Å². The van der Waals surface area contributed by atoms with Gasteiger partial charge in [0.15, 0.2) is 0 Å². The molecule has 2 aliphatic rings. The molecule has 0 unspecified atom stereocenters. The summed E-state index contributed by atoms with van der Waals surface area (Å²) in [5.41, 5.74) is 10.2. The van der Waals surface area contributed by atoms with Gasteiger partial charge in [-0.1, -0.05) is 162 Å². The number of Topliss-reactive ketones (excluding diaryl/α,β-unsaturated/α-hetero) is 1. The molecule has 0 spiro atoms. The van der Waals surface area contributed by atoms with E-state index in [1.54, 1.807) is 0 Å². The Morgan fingerprint density at radius 1 is 0.440 bits per heavy atom. The number of ketones is 1. The van der Waals surface area contributed by atoms with Crippen molar-refractivity contribution in [1.29, 1.82) is 0 Å². The van der Waals surface area contributed by atoms with Crippen LogP contribution in [0.3, 0.4) is 0 Å². The maximum atomic E-state index is 13.0. The Balaban J connectivity index is 0.942. The van der Waals surface area contributed by atoms with Gasteiger partial charge >= 0.3 is 0 Å². The predicted octanol–water partition coefficient (Wildman–Crippen LogP) is 14.1. The van der Waals surface area contributed by atoms with Crippen molar-refractivity contribution >= 4 is 5.78 Å². The van der Waals surface area contributed by atoms with Crippen LogP contribution in [0.1, 0.15) is 151 Å². The molecule has 264 valence electrons. The number of rotatable bonds is 16. The van der Waals surface area contributed by atoms with Gasteiger partial charge in [0, 0.05) is 12.8 Å². The average molecular weight is 667 g/mol. The minimum absolute atomic E-state index is 0.263. The average Bonchev–Trinajstić information content (AvgIpc) is 3.16. The van der Waals surface area contributed by atoms with Crippen LogP contribution in [-0.4, -0.2) is 5.78 Å². The van der Waals surface area contributed by atoms with Crippen molar-refractivity contribution in [1.82, 2.24) is 0 Å². The lowest BCUT2D eigenvalue weighted by atomic mass is 9.77. The van der Waals surface area contributed by atoms with Crippen molar-refractivity contribution in [2.75, 3.05) is 0 Å². The third-order valence-electron chi connectivity index (χ3n) is 12.3. The number of unbranched alkanes of at least 4 members (excludes halogenated alkanes) is 4. The molecule has 50 heavy (non-hydrogen) atoms. The number of carbonyl (C=O) groups is 1. The Morgan fingerprint density at radius 2 is 0.760 bits per heavy atom. The molecule has 0 saturated heterocycles. The second-order valence-electron chi connectivity index (χ2n) is 16.0. The maximum Gasteiger partial charge on any atom is 0.141 e. The summed E-state index contributed by atoms with van der Waals surface area (Å²) in [6.45, 7) is 4.60. The summed E-state index contributed by atoms with van der Waals surface area (Å²) in [4.78, 5) is 13.0. The molecule has 4 aromatic rings. The van der Waals surface area contributed by atoms with Crippen LogP contribution >= 0.6 is 0 Å². The third kappa shape index (κ3) is 10.3. The highest BCUT2D eigenvalue weighted by Crippen LogP contribution is 2.39. The van der Waals surface area contributed by atoms with E-state index in [4.69, 9.17) is 0 Å². The van der Waals surface area contributed by atoms with Crippen LogP contribution in [0, 0.1) is 11.8 Å². The highest BCUT2D eigenvalue weighted by molar-refractivity contribution is 5.83. The molecule has 0 bridgehead atoms. The van der Waals surface area contributed by atoms with E-state index in [-0.39, 0.29) is 5.78 Å². The molecule has 0 amide bonds. The summed E-state index contributed by atoms with van der Waals surface area (Å²) in [6.07, 6.45) is 23.1. The predicted molar refractivity (Wildman–Crippen MR) is 214 cm³/mol. The Labute approximate surface area is 304 Å². The molecule has 2 fully saturated rings. The van der Waals surface area contributed by atoms with E-state index >= 15 is 0 Å². The molecule has 2 saturated carbocycles. The van der Waals surface area contributed by atoms with Gasteiger partial charge in [-0.25, -0.2) is 0 Å². The molecule has 0 heterocycles. The van der Waals surface area contributed by atoms with Gasteiger partial charge in [0.1, 0.15) is 5.78 Å². The van der Waals surface area contributed by atoms with Crippen molar-refractivity contribution < 1.29 is 4.79 Å². The van der Waals surface area contributed by atoms with Crippen LogP contribution in [0.5, 0.6) is 0 Å². The fourth-order valence-electron chi connectivity index (χ4n) is 8.98. The molecule has 0 atom stereocenters. The van der Waals surface area contributed by atoms with Gasteiger partial charge in [0.2, 0.25) is 0 Å². The second-order valence-corrected chi connectivity index (χ2v) is 16.0. The number of hydrogen-bond acceptors (Lipinski definition) is 1. The molecule has 0 N–H and O–H groups in total. The third-order valence-corrected chi connectivity index (χ3v) is 12.3. The van der Waals surface area contributed by atoms with Crippen LogP contribution in [0.2, 0.25) is 0 Å². The molecule has 4 aromatic carbocycles. The second kappa shape index (κ2) is 18.7. The molecular weight excluding hydrogens is 605 g/mol. The Hall–Kier alpha value is -3.45. The molecule has 0 aliphatic heterocycles. The van der Waals surface area contributed by atoms with Gasteiger partial charge < -0.3 is 0 Å². The van der Waals surface area contributed by atoms with Gasteiger partial charge in [0.05, 0.1) is 0 Å².